The average Bonchev–Trinajstić information content (AvgIpc) is 2.46. The van der Waals surface area contributed by atoms with Crippen molar-refractivity contribution >= 4 is 24.8 Å². The molecule has 1 aromatic carbocycles. The molecule has 2 N–H and O–H groups in total. The molecule has 128 valence electrons. The van der Waals surface area contributed by atoms with Gasteiger partial charge in [0.1, 0.15) is 5.75 Å². The number of rotatable bonds is 5. The highest BCUT2D eigenvalue weighted by atomic mass is 35.5. The van der Waals surface area contributed by atoms with Gasteiger partial charge < -0.3 is 10.4 Å². The van der Waals surface area contributed by atoms with Gasteiger partial charge in [-0.2, -0.15) is 0 Å². The molecule has 1 saturated heterocycles. The molecule has 0 aromatic heterocycles. The minimum atomic E-state index is 0. The summed E-state index contributed by atoms with van der Waals surface area (Å²) < 4.78 is 0. The normalized spacial score (nSPS) is 16.5. The van der Waals surface area contributed by atoms with Crippen molar-refractivity contribution in [2.24, 2.45) is 0 Å². The third-order valence-electron chi connectivity index (χ3n) is 4.32. The Morgan fingerprint density at radius 3 is 2.18 bits per heavy atom. The number of halogens is 2. The molecule has 1 aromatic rings. The molecule has 0 saturated carbocycles. The lowest BCUT2D eigenvalue weighted by Gasteiger charge is -2.35. The molecule has 1 fully saturated rings. The van der Waals surface area contributed by atoms with Crippen molar-refractivity contribution in [2.75, 3.05) is 26.2 Å². The number of aryl methyl sites for hydroxylation is 2. The number of unbranched alkanes of at least 4 members (excludes halogenated alkanes) is 1. The predicted octanol–water partition coefficient (Wildman–Crippen LogP) is 3.99. The van der Waals surface area contributed by atoms with Crippen LogP contribution in [0.3, 0.4) is 0 Å². The van der Waals surface area contributed by atoms with Gasteiger partial charge in [-0.1, -0.05) is 31.9 Å². The van der Waals surface area contributed by atoms with E-state index < -0.39 is 0 Å². The summed E-state index contributed by atoms with van der Waals surface area (Å²) in [4.78, 5) is 2.59. The second-order valence-electron chi connectivity index (χ2n) is 5.95. The molecule has 0 radical (unpaired) electrons. The van der Waals surface area contributed by atoms with E-state index in [-0.39, 0.29) is 24.8 Å². The number of aromatic hydroxyl groups is 1. The van der Waals surface area contributed by atoms with E-state index in [0.29, 0.717) is 11.8 Å². The first-order valence-corrected chi connectivity index (χ1v) is 7.88. The number of piperazine rings is 1. The van der Waals surface area contributed by atoms with Gasteiger partial charge in [-0.3, -0.25) is 4.90 Å². The summed E-state index contributed by atoms with van der Waals surface area (Å²) in [5.41, 5.74) is 3.36. The lowest BCUT2D eigenvalue weighted by molar-refractivity contribution is 0.163. The van der Waals surface area contributed by atoms with Crippen LogP contribution in [0.2, 0.25) is 0 Å². The van der Waals surface area contributed by atoms with Crippen LogP contribution in [0.1, 0.15) is 48.9 Å². The van der Waals surface area contributed by atoms with Gasteiger partial charge in [-0.05, 0) is 37.0 Å². The van der Waals surface area contributed by atoms with E-state index in [1.807, 2.05) is 13.8 Å². The highest BCUT2D eigenvalue weighted by Crippen LogP contribution is 2.32. The minimum Gasteiger partial charge on any atom is -0.507 e. The highest BCUT2D eigenvalue weighted by molar-refractivity contribution is 5.85. The molecule has 3 nitrogen and oxygen atoms in total. The SMILES string of the molecule is CCCC[C@H](c1cc(C)c(O)c(C)c1)N1CCNCC1.Cl.Cl. The maximum Gasteiger partial charge on any atom is 0.121 e. The summed E-state index contributed by atoms with van der Waals surface area (Å²) >= 11 is 0. The Labute approximate surface area is 147 Å². The van der Waals surface area contributed by atoms with Crippen LogP contribution in [0.15, 0.2) is 12.1 Å². The van der Waals surface area contributed by atoms with Crippen molar-refractivity contribution in [3.05, 3.63) is 28.8 Å². The van der Waals surface area contributed by atoms with Crippen LogP contribution in [0.25, 0.3) is 0 Å². The van der Waals surface area contributed by atoms with Crippen LogP contribution in [-0.2, 0) is 0 Å². The van der Waals surface area contributed by atoms with Crippen LogP contribution < -0.4 is 5.32 Å². The van der Waals surface area contributed by atoms with Crippen molar-refractivity contribution in [1.82, 2.24) is 10.2 Å². The third kappa shape index (κ3) is 5.31. The number of phenols is 1. The Bertz CT molecular complexity index is 425. The molecule has 0 unspecified atom stereocenters. The Balaban J connectivity index is 0.00000220. The summed E-state index contributed by atoms with van der Waals surface area (Å²) in [6, 6.07) is 4.84. The Morgan fingerprint density at radius 1 is 1.14 bits per heavy atom. The fourth-order valence-electron chi connectivity index (χ4n) is 3.13. The van der Waals surface area contributed by atoms with Gasteiger partial charge in [-0.15, -0.1) is 24.8 Å². The quantitative estimate of drug-likeness (QED) is 0.844. The van der Waals surface area contributed by atoms with Crippen molar-refractivity contribution in [3.8, 4) is 5.75 Å². The highest BCUT2D eigenvalue weighted by Gasteiger charge is 2.22. The van der Waals surface area contributed by atoms with E-state index in [4.69, 9.17) is 0 Å². The topological polar surface area (TPSA) is 35.5 Å². The first-order chi connectivity index (χ1) is 9.63. The largest absolute Gasteiger partial charge is 0.507 e. The number of nitrogens with zero attached hydrogens (tertiary/aromatic N) is 1. The van der Waals surface area contributed by atoms with Crippen LogP contribution in [0.5, 0.6) is 5.75 Å². The summed E-state index contributed by atoms with van der Waals surface area (Å²) in [6.07, 6.45) is 3.70. The van der Waals surface area contributed by atoms with Crippen molar-refractivity contribution < 1.29 is 5.11 Å². The lowest BCUT2D eigenvalue weighted by Crippen LogP contribution is -2.45. The van der Waals surface area contributed by atoms with E-state index >= 15 is 0 Å². The molecule has 1 atom stereocenters. The maximum atomic E-state index is 9.98. The molecular formula is C17H30Cl2N2O. The van der Waals surface area contributed by atoms with Crippen molar-refractivity contribution in [3.63, 3.8) is 0 Å². The molecule has 1 heterocycles. The third-order valence-corrected chi connectivity index (χ3v) is 4.32. The second kappa shape index (κ2) is 10.3. The van der Waals surface area contributed by atoms with Gasteiger partial charge in [0.15, 0.2) is 0 Å². The van der Waals surface area contributed by atoms with E-state index in [1.165, 1.54) is 24.8 Å². The molecule has 0 amide bonds. The van der Waals surface area contributed by atoms with Crippen LogP contribution in [0, 0.1) is 13.8 Å². The van der Waals surface area contributed by atoms with Crippen molar-refractivity contribution in [2.45, 2.75) is 46.1 Å². The summed E-state index contributed by atoms with van der Waals surface area (Å²) in [7, 11) is 0. The fraction of sp³-hybridized carbons (Fsp3) is 0.647. The second-order valence-corrected chi connectivity index (χ2v) is 5.95. The minimum absolute atomic E-state index is 0. The van der Waals surface area contributed by atoms with Gasteiger partial charge in [0.2, 0.25) is 0 Å². The summed E-state index contributed by atoms with van der Waals surface area (Å²) in [6.45, 7) is 10.7. The van der Waals surface area contributed by atoms with Gasteiger partial charge in [0, 0.05) is 32.2 Å². The van der Waals surface area contributed by atoms with E-state index in [9.17, 15) is 5.11 Å². The zero-order valence-electron chi connectivity index (χ0n) is 13.9. The first kappa shape index (κ1) is 21.5. The fourth-order valence-corrected chi connectivity index (χ4v) is 3.13. The van der Waals surface area contributed by atoms with Crippen LogP contribution >= 0.6 is 24.8 Å². The zero-order chi connectivity index (χ0) is 14.5. The predicted molar refractivity (Wildman–Crippen MR) is 98.8 cm³/mol. The number of benzene rings is 1. The molecule has 0 bridgehead atoms. The van der Waals surface area contributed by atoms with Crippen molar-refractivity contribution in [1.29, 1.82) is 0 Å². The number of nitrogens with one attached hydrogen (secondary N) is 1. The van der Waals surface area contributed by atoms with Gasteiger partial charge in [0.05, 0.1) is 0 Å². The molecular weight excluding hydrogens is 319 g/mol. The average molecular weight is 349 g/mol. The Morgan fingerprint density at radius 2 is 1.68 bits per heavy atom. The standard InChI is InChI=1S/C17H28N2O.2ClH/c1-4-5-6-16(19-9-7-18-8-10-19)15-11-13(2)17(20)14(3)12-15;;/h11-12,16,18,20H,4-10H2,1-3H3;2*1H/t16-;;/m1../s1. The zero-order valence-corrected chi connectivity index (χ0v) is 15.5. The molecule has 0 spiro atoms. The van der Waals surface area contributed by atoms with Gasteiger partial charge in [-0.25, -0.2) is 0 Å². The van der Waals surface area contributed by atoms with E-state index in [1.54, 1.807) is 0 Å². The first-order valence-electron chi connectivity index (χ1n) is 7.88. The van der Waals surface area contributed by atoms with Gasteiger partial charge in [0.25, 0.3) is 0 Å². The molecule has 22 heavy (non-hydrogen) atoms. The monoisotopic (exact) mass is 348 g/mol. The smallest absolute Gasteiger partial charge is 0.121 e. The molecule has 1 aliphatic heterocycles. The van der Waals surface area contributed by atoms with E-state index in [2.05, 4.69) is 29.3 Å². The molecule has 1 aliphatic rings. The Kier molecular flexibility index (Phi) is 10.1. The summed E-state index contributed by atoms with van der Waals surface area (Å²) in [5.74, 6) is 0.448. The van der Waals surface area contributed by atoms with Crippen LogP contribution in [0.4, 0.5) is 0 Å². The van der Waals surface area contributed by atoms with Crippen LogP contribution in [-0.4, -0.2) is 36.2 Å². The number of hydrogen-bond acceptors (Lipinski definition) is 3. The maximum absolute atomic E-state index is 9.98. The Hall–Kier alpha value is -0.480. The number of phenolic OH excluding ortho intramolecular Hbond substituents is 1. The van der Waals surface area contributed by atoms with E-state index in [0.717, 1.165) is 37.3 Å². The summed E-state index contributed by atoms with van der Waals surface area (Å²) in [5, 5.41) is 13.4. The molecule has 0 aliphatic carbocycles. The molecule has 2 rings (SSSR count). The van der Waals surface area contributed by atoms with Gasteiger partial charge >= 0.3 is 0 Å². The number of hydrogen-bond donors (Lipinski definition) is 2. The lowest BCUT2D eigenvalue weighted by atomic mass is 9.95. The molecule has 5 heteroatoms.